The molecule has 1 aromatic heterocycles. The van der Waals surface area contributed by atoms with Crippen molar-refractivity contribution in [1.29, 1.82) is 0 Å². The average molecular weight is 267 g/mol. The van der Waals surface area contributed by atoms with Gasteiger partial charge in [-0.05, 0) is 12.1 Å². The van der Waals surface area contributed by atoms with Gasteiger partial charge >= 0.3 is 6.61 Å². The third-order valence-corrected chi connectivity index (χ3v) is 2.79. The number of ether oxygens (including phenoxy) is 1. The first-order valence-corrected chi connectivity index (χ1v) is 5.90. The van der Waals surface area contributed by atoms with Crippen molar-refractivity contribution in [3.8, 4) is 17.0 Å². The van der Waals surface area contributed by atoms with Crippen molar-refractivity contribution in [2.24, 2.45) is 5.73 Å². The van der Waals surface area contributed by atoms with Gasteiger partial charge < -0.3 is 15.5 Å². The zero-order chi connectivity index (χ0) is 13.8. The minimum atomic E-state index is -2.83. The fourth-order valence-electron chi connectivity index (χ4n) is 1.69. The molecule has 1 unspecified atom stereocenters. The highest BCUT2D eigenvalue weighted by Crippen LogP contribution is 2.24. The first-order valence-electron chi connectivity index (χ1n) is 5.90. The molecule has 4 nitrogen and oxygen atoms in total. The molecule has 1 aromatic carbocycles. The van der Waals surface area contributed by atoms with Crippen LogP contribution in [0.5, 0.6) is 5.75 Å². The molecule has 2 rings (SSSR count). The summed E-state index contributed by atoms with van der Waals surface area (Å²) in [6.07, 6.45) is 1.66. The number of imidazole rings is 1. The van der Waals surface area contributed by atoms with Crippen LogP contribution in [0.25, 0.3) is 11.3 Å². The lowest BCUT2D eigenvalue weighted by atomic mass is 10.1. The van der Waals surface area contributed by atoms with Crippen LogP contribution in [0.4, 0.5) is 8.78 Å². The summed E-state index contributed by atoms with van der Waals surface area (Å²) in [6, 6.07) is 6.47. The second-order valence-electron chi connectivity index (χ2n) is 4.23. The van der Waals surface area contributed by atoms with Gasteiger partial charge in [-0.25, -0.2) is 4.98 Å². The maximum atomic E-state index is 12.2. The predicted octanol–water partition coefficient (Wildman–Crippen LogP) is 2.74. The summed E-state index contributed by atoms with van der Waals surface area (Å²) in [7, 11) is 0. The highest BCUT2D eigenvalue weighted by atomic mass is 19.3. The standard InChI is InChI=1S/C13H15F2N3O/c1-8(6-16)12-17-7-11(18-12)9-3-2-4-10(5-9)19-13(14)15/h2-5,7-8,13H,6,16H2,1H3,(H,17,18). The van der Waals surface area contributed by atoms with Crippen molar-refractivity contribution in [2.75, 3.05) is 6.54 Å². The fraction of sp³-hybridized carbons (Fsp3) is 0.308. The van der Waals surface area contributed by atoms with Gasteiger partial charge in [-0.3, -0.25) is 0 Å². The van der Waals surface area contributed by atoms with Gasteiger partial charge in [-0.15, -0.1) is 0 Å². The summed E-state index contributed by atoms with van der Waals surface area (Å²) in [5.74, 6) is 1.02. The SMILES string of the molecule is CC(CN)c1ncc(-c2cccc(OC(F)F)c2)[nH]1. The molecule has 1 heterocycles. The van der Waals surface area contributed by atoms with E-state index < -0.39 is 6.61 Å². The predicted molar refractivity (Wildman–Crippen MR) is 68.1 cm³/mol. The van der Waals surface area contributed by atoms with Gasteiger partial charge in [0.2, 0.25) is 0 Å². The second-order valence-corrected chi connectivity index (χ2v) is 4.23. The minimum Gasteiger partial charge on any atom is -0.435 e. The van der Waals surface area contributed by atoms with Crippen molar-refractivity contribution < 1.29 is 13.5 Å². The van der Waals surface area contributed by atoms with E-state index in [1.807, 2.05) is 6.92 Å². The van der Waals surface area contributed by atoms with Crippen LogP contribution in [0.15, 0.2) is 30.5 Å². The molecule has 102 valence electrons. The van der Waals surface area contributed by atoms with Crippen molar-refractivity contribution >= 4 is 0 Å². The maximum absolute atomic E-state index is 12.2. The molecular weight excluding hydrogens is 252 g/mol. The molecule has 19 heavy (non-hydrogen) atoms. The van der Waals surface area contributed by atoms with Crippen molar-refractivity contribution in [3.63, 3.8) is 0 Å². The van der Waals surface area contributed by atoms with Crippen LogP contribution in [0, 0.1) is 0 Å². The molecule has 2 aromatic rings. The molecule has 1 atom stereocenters. The molecule has 0 amide bonds. The van der Waals surface area contributed by atoms with Crippen LogP contribution >= 0.6 is 0 Å². The highest BCUT2D eigenvalue weighted by Gasteiger charge is 2.10. The Morgan fingerprint density at radius 2 is 2.21 bits per heavy atom. The highest BCUT2D eigenvalue weighted by molar-refractivity contribution is 5.60. The third-order valence-electron chi connectivity index (χ3n) is 2.79. The zero-order valence-corrected chi connectivity index (χ0v) is 10.4. The molecule has 0 aliphatic carbocycles. The van der Waals surface area contributed by atoms with E-state index in [0.29, 0.717) is 6.54 Å². The van der Waals surface area contributed by atoms with Crippen LogP contribution < -0.4 is 10.5 Å². The van der Waals surface area contributed by atoms with Gasteiger partial charge in [0.1, 0.15) is 11.6 Å². The molecule has 0 bridgehead atoms. The maximum Gasteiger partial charge on any atom is 0.387 e. The number of nitrogens with one attached hydrogen (secondary N) is 1. The normalized spacial score (nSPS) is 12.7. The third kappa shape index (κ3) is 3.29. The van der Waals surface area contributed by atoms with E-state index in [9.17, 15) is 8.78 Å². The molecule has 3 N–H and O–H groups in total. The zero-order valence-electron chi connectivity index (χ0n) is 10.4. The van der Waals surface area contributed by atoms with E-state index in [2.05, 4.69) is 14.7 Å². The number of hydrogen-bond acceptors (Lipinski definition) is 3. The number of rotatable bonds is 5. The second kappa shape index (κ2) is 5.79. The number of hydrogen-bond donors (Lipinski definition) is 2. The van der Waals surface area contributed by atoms with E-state index in [1.54, 1.807) is 18.3 Å². The van der Waals surface area contributed by atoms with Gasteiger partial charge in [0.15, 0.2) is 0 Å². The number of H-pyrrole nitrogens is 1. The van der Waals surface area contributed by atoms with E-state index in [4.69, 9.17) is 5.73 Å². The Hall–Kier alpha value is -1.95. The number of alkyl halides is 2. The lowest BCUT2D eigenvalue weighted by Crippen LogP contribution is -2.10. The van der Waals surface area contributed by atoms with Crippen LogP contribution in [0.2, 0.25) is 0 Å². The summed E-state index contributed by atoms with van der Waals surface area (Å²) in [4.78, 5) is 7.36. The molecule has 0 aliphatic heterocycles. The van der Waals surface area contributed by atoms with E-state index in [0.717, 1.165) is 17.1 Å². The summed E-state index contributed by atoms with van der Waals surface area (Å²) in [5.41, 5.74) is 7.05. The van der Waals surface area contributed by atoms with Crippen molar-refractivity contribution in [2.45, 2.75) is 19.5 Å². The number of benzene rings is 1. The van der Waals surface area contributed by atoms with Gasteiger partial charge in [0, 0.05) is 18.0 Å². The Labute approximate surface area is 109 Å². The van der Waals surface area contributed by atoms with Gasteiger partial charge in [-0.1, -0.05) is 19.1 Å². The Bertz CT molecular complexity index is 542. The fourth-order valence-corrected chi connectivity index (χ4v) is 1.69. The van der Waals surface area contributed by atoms with E-state index in [1.165, 1.54) is 12.1 Å². The van der Waals surface area contributed by atoms with Crippen LogP contribution in [0.1, 0.15) is 18.7 Å². The van der Waals surface area contributed by atoms with Gasteiger partial charge in [0.05, 0.1) is 11.9 Å². The van der Waals surface area contributed by atoms with Crippen molar-refractivity contribution in [3.05, 3.63) is 36.3 Å². The molecule has 0 radical (unpaired) electrons. The molecule has 0 saturated carbocycles. The molecule has 0 saturated heterocycles. The number of nitrogens with two attached hydrogens (primary N) is 1. The van der Waals surface area contributed by atoms with E-state index >= 15 is 0 Å². The smallest absolute Gasteiger partial charge is 0.387 e. The number of aromatic nitrogens is 2. The average Bonchev–Trinajstić information content (AvgIpc) is 2.87. The topological polar surface area (TPSA) is 63.9 Å². The molecule has 0 aliphatic rings. The Morgan fingerprint density at radius 1 is 1.42 bits per heavy atom. The summed E-state index contributed by atoms with van der Waals surface area (Å²) >= 11 is 0. The first kappa shape index (κ1) is 13.5. The van der Waals surface area contributed by atoms with Crippen LogP contribution in [-0.2, 0) is 0 Å². The molecule has 0 fully saturated rings. The largest absolute Gasteiger partial charge is 0.435 e. The Kier molecular flexibility index (Phi) is 4.11. The monoisotopic (exact) mass is 267 g/mol. The van der Waals surface area contributed by atoms with Crippen molar-refractivity contribution in [1.82, 2.24) is 9.97 Å². The lowest BCUT2D eigenvalue weighted by molar-refractivity contribution is -0.0498. The van der Waals surface area contributed by atoms with Gasteiger partial charge in [0.25, 0.3) is 0 Å². The number of nitrogens with zero attached hydrogens (tertiary/aromatic N) is 1. The van der Waals surface area contributed by atoms with Gasteiger partial charge in [-0.2, -0.15) is 8.78 Å². The Balaban J connectivity index is 2.24. The lowest BCUT2D eigenvalue weighted by Gasteiger charge is -2.06. The van der Waals surface area contributed by atoms with E-state index in [-0.39, 0.29) is 11.7 Å². The number of aromatic amines is 1. The van der Waals surface area contributed by atoms with Crippen LogP contribution in [-0.4, -0.2) is 23.1 Å². The summed E-state index contributed by atoms with van der Waals surface area (Å²) < 4.78 is 28.7. The first-order chi connectivity index (χ1) is 9.10. The molecule has 0 spiro atoms. The quantitative estimate of drug-likeness (QED) is 0.875. The Morgan fingerprint density at radius 3 is 2.89 bits per heavy atom. The minimum absolute atomic E-state index is 0.120. The summed E-state index contributed by atoms with van der Waals surface area (Å²) in [5, 5.41) is 0. The molecule has 6 heteroatoms. The summed E-state index contributed by atoms with van der Waals surface area (Å²) in [6.45, 7) is -0.384. The molecular formula is C13H15F2N3O. The number of halogens is 2. The van der Waals surface area contributed by atoms with Crippen LogP contribution in [0.3, 0.4) is 0 Å².